The van der Waals surface area contributed by atoms with Crippen molar-refractivity contribution in [3.63, 3.8) is 0 Å². The quantitative estimate of drug-likeness (QED) is 0.705. The largest absolute Gasteiger partial charge is 0.490 e. The third-order valence-electron chi connectivity index (χ3n) is 4.83. The van der Waals surface area contributed by atoms with E-state index in [0.29, 0.717) is 57.0 Å². The predicted molar refractivity (Wildman–Crippen MR) is 103 cm³/mol. The van der Waals surface area contributed by atoms with E-state index in [4.69, 9.17) is 13.9 Å². The first-order valence-electron chi connectivity index (χ1n) is 9.49. The maximum absolute atomic E-state index is 12.9. The Kier molecular flexibility index (Phi) is 7.08. The first kappa shape index (κ1) is 19.9. The number of carbonyl (C=O) groups is 2. The molecule has 7 heteroatoms. The Morgan fingerprint density at radius 1 is 1.14 bits per heavy atom. The maximum atomic E-state index is 12.9. The number of benzene rings is 1. The van der Waals surface area contributed by atoms with Gasteiger partial charge in [-0.25, -0.2) is 0 Å². The number of carbonyl (C=O) groups excluding carboxylic acids is 2. The van der Waals surface area contributed by atoms with Crippen molar-refractivity contribution in [2.75, 3.05) is 33.4 Å². The van der Waals surface area contributed by atoms with Gasteiger partial charge in [-0.05, 0) is 37.1 Å². The highest BCUT2D eigenvalue weighted by molar-refractivity contribution is 5.97. The van der Waals surface area contributed by atoms with Gasteiger partial charge in [0, 0.05) is 26.1 Å². The zero-order valence-electron chi connectivity index (χ0n) is 16.1. The molecule has 0 aliphatic carbocycles. The van der Waals surface area contributed by atoms with Crippen molar-refractivity contribution in [2.24, 2.45) is 5.92 Å². The molecule has 1 aliphatic rings. The fraction of sp³-hybridized carbons (Fsp3) is 0.429. The molecule has 0 unspecified atom stereocenters. The molecule has 1 aromatic heterocycles. The lowest BCUT2D eigenvalue weighted by atomic mass is 9.95. The number of rotatable bonds is 8. The topological polar surface area (TPSA) is 81.0 Å². The molecule has 28 heavy (non-hydrogen) atoms. The van der Waals surface area contributed by atoms with Gasteiger partial charge in [-0.1, -0.05) is 12.1 Å². The van der Waals surface area contributed by atoms with E-state index in [9.17, 15) is 9.59 Å². The second kappa shape index (κ2) is 9.94. The zero-order chi connectivity index (χ0) is 19.8. The molecule has 150 valence electrons. The summed E-state index contributed by atoms with van der Waals surface area (Å²) in [6, 6.07) is 10.8. The molecule has 1 aliphatic heterocycles. The molecule has 1 aromatic carbocycles. The van der Waals surface area contributed by atoms with Crippen molar-refractivity contribution in [2.45, 2.75) is 19.4 Å². The number of para-hydroxylation sites is 1. The number of piperidine rings is 1. The SMILES string of the molecule is COCCOc1ccccc1C(=O)N1CCC(C(=O)NCc2ccco2)CC1. The number of hydrogen-bond acceptors (Lipinski definition) is 5. The number of ether oxygens (including phenoxy) is 2. The predicted octanol–water partition coefficient (Wildman–Crippen LogP) is 2.47. The van der Waals surface area contributed by atoms with Crippen molar-refractivity contribution in [3.05, 3.63) is 54.0 Å². The van der Waals surface area contributed by atoms with Crippen LogP contribution in [0.4, 0.5) is 0 Å². The molecule has 0 spiro atoms. The smallest absolute Gasteiger partial charge is 0.257 e. The van der Waals surface area contributed by atoms with E-state index in [-0.39, 0.29) is 17.7 Å². The summed E-state index contributed by atoms with van der Waals surface area (Å²) >= 11 is 0. The van der Waals surface area contributed by atoms with Gasteiger partial charge in [-0.3, -0.25) is 9.59 Å². The summed E-state index contributed by atoms with van der Waals surface area (Å²) < 4.78 is 15.9. The Morgan fingerprint density at radius 2 is 1.93 bits per heavy atom. The highest BCUT2D eigenvalue weighted by Gasteiger charge is 2.28. The summed E-state index contributed by atoms with van der Waals surface area (Å²) in [5.74, 6) is 1.13. The van der Waals surface area contributed by atoms with Crippen LogP contribution in [-0.4, -0.2) is 50.1 Å². The van der Waals surface area contributed by atoms with Crippen LogP contribution in [0.1, 0.15) is 29.0 Å². The van der Waals surface area contributed by atoms with Crippen molar-refractivity contribution in [3.8, 4) is 5.75 Å². The van der Waals surface area contributed by atoms with E-state index in [1.165, 1.54) is 0 Å². The second-order valence-corrected chi connectivity index (χ2v) is 6.70. The van der Waals surface area contributed by atoms with Gasteiger partial charge in [0.05, 0.1) is 25.0 Å². The van der Waals surface area contributed by atoms with E-state index in [2.05, 4.69) is 5.32 Å². The van der Waals surface area contributed by atoms with Gasteiger partial charge >= 0.3 is 0 Å². The minimum atomic E-state index is -0.0905. The minimum Gasteiger partial charge on any atom is -0.490 e. The molecule has 7 nitrogen and oxygen atoms in total. The average molecular weight is 386 g/mol. The molecule has 0 radical (unpaired) electrons. The van der Waals surface area contributed by atoms with Crippen LogP contribution in [-0.2, 0) is 16.1 Å². The highest BCUT2D eigenvalue weighted by atomic mass is 16.5. The summed E-state index contributed by atoms with van der Waals surface area (Å²) in [6.45, 7) is 2.32. The van der Waals surface area contributed by atoms with Crippen molar-refractivity contribution in [1.29, 1.82) is 0 Å². The van der Waals surface area contributed by atoms with Crippen LogP contribution in [0.25, 0.3) is 0 Å². The number of methoxy groups -OCH3 is 1. The maximum Gasteiger partial charge on any atom is 0.257 e. The first-order chi connectivity index (χ1) is 13.7. The van der Waals surface area contributed by atoms with Crippen LogP contribution < -0.4 is 10.1 Å². The van der Waals surface area contributed by atoms with E-state index >= 15 is 0 Å². The molecular weight excluding hydrogens is 360 g/mol. The van der Waals surface area contributed by atoms with Crippen LogP contribution >= 0.6 is 0 Å². The Balaban J connectivity index is 1.51. The Labute approximate surface area is 164 Å². The number of amides is 2. The third-order valence-corrected chi connectivity index (χ3v) is 4.83. The molecule has 2 amide bonds. The molecule has 1 saturated heterocycles. The monoisotopic (exact) mass is 386 g/mol. The number of likely N-dealkylation sites (tertiary alicyclic amines) is 1. The van der Waals surface area contributed by atoms with Gasteiger partial charge in [-0.15, -0.1) is 0 Å². The van der Waals surface area contributed by atoms with Gasteiger partial charge in [0.2, 0.25) is 5.91 Å². The summed E-state index contributed by atoms with van der Waals surface area (Å²) in [5, 5.41) is 2.90. The molecule has 1 N–H and O–H groups in total. The Morgan fingerprint density at radius 3 is 2.64 bits per heavy atom. The zero-order valence-corrected chi connectivity index (χ0v) is 16.1. The highest BCUT2D eigenvalue weighted by Crippen LogP contribution is 2.24. The minimum absolute atomic E-state index is 0.00629. The second-order valence-electron chi connectivity index (χ2n) is 6.70. The van der Waals surface area contributed by atoms with E-state index in [1.54, 1.807) is 36.5 Å². The lowest BCUT2D eigenvalue weighted by Gasteiger charge is -2.31. The Bertz CT molecular complexity index is 767. The molecule has 2 heterocycles. The fourth-order valence-corrected chi connectivity index (χ4v) is 3.25. The van der Waals surface area contributed by atoms with Crippen LogP contribution in [0.15, 0.2) is 47.1 Å². The van der Waals surface area contributed by atoms with Crippen molar-refractivity contribution < 1.29 is 23.5 Å². The number of hydrogen-bond donors (Lipinski definition) is 1. The van der Waals surface area contributed by atoms with Gasteiger partial charge in [0.15, 0.2) is 0 Å². The van der Waals surface area contributed by atoms with Crippen LogP contribution in [0.3, 0.4) is 0 Å². The average Bonchev–Trinajstić information content (AvgIpc) is 3.26. The van der Waals surface area contributed by atoms with Crippen LogP contribution in [0, 0.1) is 5.92 Å². The summed E-state index contributed by atoms with van der Waals surface area (Å²) in [6.07, 6.45) is 2.87. The van der Waals surface area contributed by atoms with E-state index < -0.39 is 0 Å². The van der Waals surface area contributed by atoms with Crippen molar-refractivity contribution >= 4 is 11.8 Å². The van der Waals surface area contributed by atoms with Gasteiger partial charge in [-0.2, -0.15) is 0 Å². The normalized spacial score (nSPS) is 14.7. The standard InChI is InChI=1S/C21H26N2O5/c1-26-13-14-28-19-7-3-2-6-18(19)21(25)23-10-8-16(9-11-23)20(24)22-15-17-5-4-12-27-17/h2-7,12,16H,8-11,13-15H2,1H3,(H,22,24). The third kappa shape index (κ3) is 5.13. The van der Waals surface area contributed by atoms with Crippen molar-refractivity contribution in [1.82, 2.24) is 10.2 Å². The summed E-state index contributed by atoms with van der Waals surface area (Å²) in [5.41, 5.74) is 0.541. The van der Waals surface area contributed by atoms with E-state index in [1.807, 2.05) is 18.2 Å². The lowest BCUT2D eigenvalue weighted by Crippen LogP contribution is -2.43. The molecule has 3 rings (SSSR count). The van der Waals surface area contributed by atoms with Crippen LogP contribution in [0.2, 0.25) is 0 Å². The number of furan rings is 1. The molecule has 0 saturated carbocycles. The number of nitrogens with zero attached hydrogens (tertiary/aromatic N) is 1. The molecule has 2 aromatic rings. The van der Waals surface area contributed by atoms with Crippen LogP contribution in [0.5, 0.6) is 5.75 Å². The molecule has 1 fully saturated rings. The van der Waals surface area contributed by atoms with Gasteiger partial charge in [0.25, 0.3) is 5.91 Å². The molecule has 0 bridgehead atoms. The molecular formula is C21H26N2O5. The lowest BCUT2D eigenvalue weighted by molar-refractivity contribution is -0.126. The molecule has 0 atom stereocenters. The summed E-state index contributed by atoms with van der Waals surface area (Å²) in [4.78, 5) is 27.1. The fourth-order valence-electron chi connectivity index (χ4n) is 3.25. The Hall–Kier alpha value is -2.80. The first-order valence-corrected chi connectivity index (χ1v) is 9.49. The number of nitrogens with one attached hydrogen (secondary N) is 1. The van der Waals surface area contributed by atoms with E-state index in [0.717, 1.165) is 5.76 Å². The summed E-state index contributed by atoms with van der Waals surface area (Å²) in [7, 11) is 1.61. The van der Waals surface area contributed by atoms with Gasteiger partial charge in [0.1, 0.15) is 18.1 Å². The van der Waals surface area contributed by atoms with Gasteiger partial charge < -0.3 is 24.1 Å².